The molecular weight excluding hydrogens is 508 g/mol. The van der Waals surface area contributed by atoms with E-state index < -0.39 is 21.5 Å². The van der Waals surface area contributed by atoms with Crippen molar-refractivity contribution in [2.75, 3.05) is 28.2 Å². The van der Waals surface area contributed by atoms with E-state index in [1.165, 1.54) is 17.4 Å². The van der Waals surface area contributed by atoms with Crippen molar-refractivity contribution in [2.45, 2.75) is 25.9 Å². The molecule has 0 aliphatic rings. The first-order valence-electron chi connectivity index (χ1n) is 8.49. The van der Waals surface area contributed by atoms with Gasteiger partial charge in [-0.3, -0.25) is 0 Å². The van der Waals surface area contributed by atoms with Crippen LogP contribution in [0.4, 0.5) is 0 Å². The Morgan fingerprint density at radius 2 is 1.04 bits per heavy atom. The summed E-state index contributed by atoms with van der Waals surface area (Å²) >= 11 is -2.75. The van der Waals surface area contributed by atoms with Gasteiger partial charge in [0.1, 0.15) is 0 Å². The Kier molecular flexibility index (Phi) is 7.28. The van der Waals surface area contributed by atoms with E-state index in [0.717, 1.165) is 0 Å². The Bertz CT molecular complexity index is 615. The number of hydrogen-bond donors (Lipinski definition) is 0. The summed E-state index contributed by atoms with van der Waals surface area (Å²) in [5.41, 5.74) is 2.77. The summed E-state index contributed by atoms with van der Waals surface area (Å²) < 4.78 is 2.83. The summed E-state index contributed by atoms with van der Waals surface area (Å²) in [6, 6.07) is 18.3. The molecule has 2 aromatic carbocycles. The quantitative estimate of drug-likeness (QED) is 0.524. The van der Waals surface area contributed by atoms with E-state index in [9.17, 15) is 0 Å². The average molecular weight is 536 g/mol. The molecule has 0 saturated carbocycles. The molecule has 0 amide bonds. The Labute approximate surface area is 159 Å². The fourth-order valence-corrected chi connectivity index (χ4v) is 14.8. The van der Waals surface area contributed by atoms with E-state index in [-0.39, 0.29) is 0 Å². The second-order valence-electron chi connectivity index (χ2n) is 6.90. The molecule has 2 unspecified atom stereocenters. The van der Waals surface area contributed by atoms with Crippen molar-refractivity contribution in [2.24, 2.45) is 0 Å². The molecule has 0 radical (unpaired) electrons. The van der Waals surface area contributed by atoms with Gasteiger partial charge in [0.25, 0.3) is 0 Å². The van der Waals surface area contributed by atoms with E-state index in [0.29, 0.717) is 12.1 Å². The van der Waals surface area contributed by atoms with Crippen molar-refractivity contribution >= 4 is 36.0 Å². The summed E-state index contributed by atoms with van der Waals surface area (Å²) in [5.74, 6) is 0. The molecule has 24 heavy (non-hydrogen) atoms. The van der Waals surface area contributed by atoms with Crippen LogP contribution in [0.2, 0.25) is 0 Å². The zero-order valence-electron chi connectivity index (χ0n) is 15.6. The van der Waals surface area contributed by atoms with Gasteiger partial charge in [-0.2, -0.15) is 0 Å². The van der Waals surface area contributed by atoms with Crippen LogP contribution in [-0.4, -0.2) is 59.5 Å². The minimum atomic E-state index is -2.75. The van der Waals surface area contributed by atoms with Crippen molar-refractivity contribution < 1.29 is 0 Å². The first-order valence-corrected chi connectivity index (χ1v) is 18.5. The van der Waals surface area contributed by atoms with E-state index in [1.807, 2.05) is 0 Å². The predicted molar refractivity (Wildman–Crippen MR) is 108 cm³/mol. The van der Waals surface area contributed by atoms with Crippen molar-refractivity contribution in [3.05, 3.63) is 59.7 Å². The Morgan fingerprint density at radius 3 is 1.38 bits per heavy atom. The number of halogens is 1. The van der Waals surface area contributed by atoms with Crippen molar-refractivity contribution in [3.8, 4) is 0 Å². The number of hydrogen-bond acceptors (Lipinski definition) is 2. The Hall–Kier alpha value is -0.428. The van der Waals surface area contributed by atoms with E-state index >= 15 is 0 Å². The predicted octanol–water partition coefficient (Wildman–Crippen LogP) is 3.28. The number of nitrogens with zero attached hydrogens (tertiary/aromatic N) is 2. The number of benzene rings is 2. The molecule has 2 nitrogen and oxygen atoms in total. The summed E-state index contributed by atoms with van der Waals surface area (Å²) in [6.07, 6.45) is 0. The molecule has 0 saturated heterocycles. The normalized spacial score (nSPS) is 14.0. The van der Waals surface area contributed by atoms with Gasteiger partial charge in [0.05, 0.1) is 0 Å². The van der Waals surface area contributed by atoms with Gasteiger partial charge in [0, 0.05) is 0 Å². The van der Waals surface area contributed by atoms with Crippen LogP contribution in [0, 0.1) is 0 Å². The van der Waals surface area contributed by atoms with Crippen LogP contribution in [-0.2, 0) is 0 Å². The van der Waals surface area contributed by atoms with Crippen LogP contribution in [0.5, 0.6) is 0 Å². The fraction of sp³-hybridized carbons (Fsp3) is 0.400. The van der Waals surface area contributed by atoms with Gasteiger partial charge >= 0.3 is 160 Å². The second kappa shape index (κ2) is 8.79. The zero-order chi connectivity index (χ0) is 17.9. The molecule has 2 aromatic rings. The van der Waals surface area contributed by atoms with Crippen LogP contribution in [0.1, 0.15) is 37.1 Å². The van der Waals surface area contributed by atoms with Crippen molar-refractivity contribution in [1.82, 2.24) is 9.80 Å². The minimum absolute atomic E-state index is 0.376. The third kappa shape index (κ3) is 4.40. The summed E-state index contributed by atoms with van der Waals surface area (Å²) in [7, 11) is 15.7. The molecule has 2 atom stereocenters. The van der Waals surface area contributed by atoms with Crippen LogP contribution in [0.25, 0.3) is 0 Å². The molecule has 4 heteroatoms. The van der Waals surface area contributed by atoms with Gasteiger partial charge in [-0.1, -0.05) is 0 Å². The van der Waals surface area contributed by atoms with Crippen LogP contribution in [0.3, 0.4) is 0 Å². The zero-order valence-corrected chi connectivity index (χ0v) is 20.9. The number of rotatable bonds is 6. The molecule has 2 rings (SSSR count). The monoisotopic (exact) mass is 536 g/mol. The van der Waals surface area contributed by atoms with Gasteiger partial charge in [-0.05, 0) is 0 Å². The molecular formula is C20H28ClN2Tl. The van der Waals surface area contributed by atoms with Crippen molar-refractivity contribution in [3.63, 3.8) is 0 Å². The van der Waals surface area contributed by atoms with Gasteiger partial charge in [-0.25, -0.2) is 0 Å². The second-order valence-corrected chi connectivity index (χ2v) is 18.4. The first-order chi connectivity index (χ1) is 11.3. The fourth-order valence-electron chi connectivity index (χ4n) is 2.97. The van der Waals surface area contributed by atoms with E-state index in [1.54, 1.807) is 0 Å². The SMILES string of the molecule is CC(c1cccc[c]1[Tl]([Cl])[c]1ccccc1C(C)N(C)C)N(C)C. The van der Waals surface area contributed by atoms with Gasteiger partial charge < -0.3 is 0 Å². The van der Waals surface area contributed by atoms with Gasteiger partial charge in [0.15, 0.2) is 0 Å². The maximum absolute atomic E-state index is 7.22. The average Bonchev–Trinajstić information content (AvgIpc) is 2.59. The van der Waals surface area contributed by atoms with Crippen LogP contribution in [0.15, 0.2) is 48.5 Å². The summed E-state index contributed by atoms with van der Waals surface area (Å²) in [6.45, 7) is 4.51. The van der Waals surface area contributed by atoms with E-state index in [2.05, 4.69) is 100 Å². The Balaban J connectivity index is 2.49. The molecule has 0 aliphatic carbocycles. The summed E-state index contributed by atoms with van der Waals surface area (Å²) in [4.78, 5) is 4.51. The van der Waals surface area contributed by atoms with Gasteiger partial charge in [-0.15, -0.1) is 0 Å². The first kappa shape index (κ1) is 19.9. The molecule has 0 heterocycles. The molecule has 0 N–H and O–H groups in total. The molecule has 0 aromatic heterocycles. The molecule has 128 valence electrons. The molecule has 0 fully saturated rings. The third-order valence-electron chi connectivity index (χ3n) is 4.99. The van der Waals surface area contributed by atoms with Gasteiger partial charge in [0.2, 0.25) is 0 Å². The van der Waals surface area contributed by atoms with Crippen LogP contribution < -0.4 is 6.25 Å². The third-order valence-corrected chi connectivity index (χ3v) is 17.4. The maximum atomic E-state index is 7.22. The molecule has 0 aliphatic heterocycles. The Morgan fingerprint density at radius 1 is 0.708 bits per heavy atom. The van der Waals surface area contributed by atoms with Crippen molar-refractivity contribution in [1.29, 1.82) is 0 Å². The standard InChI is InChI=1S/2C10H14N.ClH.Tl/c2*1-9(11(2)3)10-7-5-4-6-8-10;;/h2*4-7,9H,1-3H3;1H;/q;;;+1/p-1. The van der Waals surface area contributed by atoms with Crippen LogP contribution >= 0.6 is 8.32 Å². The molecule has 0 bridgehead atoms. The summed E-state index contributed by atoms with van der Waals surface area (Å²) in [5, 5.41) is 0. The van der Waals surface area contributed by atoms with E-state index in [4.69, 9.17) is 8.32 Å². The topological polar surface area (TPSA) is 6.48 Å². The molecule has 0 spiro atoms.